The molecule has 0 heterocycles. The molecular weight excluding hydrogens is 300 g/mol. The van der Waals surface area contributed by atoms with Crippen LogP contribution in [-0.4, -0.2) is 15.3 Å². The van der Waals surface area contributed by atoms with Crippen LogP contribution in [0.5, 0.6) is 17.2 Å². The quantitative estimate of drug-likeness (QED) is 0.618. The first-order chi connectivity index (χ1) is 11.6. The lowest BCUT2D eigenvalue weighted by Gasteiger charge is -2.35. The van der Waals surface area contributed by atoms with Gasteiger partial charge in [0.15, 0.2) is 0 Å². The molecule has 0 fully saturated rings. The first-order valence-electron chi connectivity index (χ1n) is 7.95. The van der Waals surface area contributed by atoms with E-state index in [9.17, 15) is 15.3 Å². The fourth-order valence-electron chi connectivity index (χ4n) is 3.40. The Balaban J connectivity index is 2.32. The minimum atomic E-state index is -0.577. The van der Waals surface area contributed by atoms with Gasteiger partial charge in [-0.05, 0) is 47.9 Å². The SMILES string of the molecule is CCC(c1ccc(O)cc1)(c1ccc(O)cc1)c1ccccc1O. The van der Waals surface area contributed by atoms with E-state index in [4.69, 9.17) is 0 Å². The molecule has 24 heavy (non-hydrogen) atoms. The van der Waals surface area contributed by atoms with E-state index in [1.807, 2.05) is 36.4 Å². The molecule has 122 valence electrons. The molecule has 0 amide bonds. The molecular formula is C21H20O3. The van der Waals surface area contributed by atoms with E-state index in [0.29, 0.717) is 6.42 Å². The molecule has 0 aliphatic heterocycles. The summed E-state index contributed by atoms with van der Waals surface area (Å²) in [6.07, 6.45) is 0.708. The van der Waals surface area contributed by atoms with Crippen molar-refractivity contribution in [2.45, 2.75) is 18.8 Å². The van der Waals surface area contributed by atoms with Crippen molar-refractivity contribution in [3.8, 4) is 17.2 Å². The molecule has 3 aromatic rings. The second-order valence-corrected chi connectivity index (χ2v) is 5.87. The Bertz CT molecular complexity index is 775. The fourth-order valence-corrected chi connectivity index (χ4v) is 3.40. The minimum absolute atomic E-state index is 0.201. The van der Waals surface area contributed by atoms with Gasteiger partial charge >= 0.3 is 0 Å². The second kappa shape index (κ2) is 6.28. The van der Waals surface area contributed by atoms with E-state index in [0.717, 1.165) is 16.7 Å². The summed E-state index contributed by atoms with van der Waals surface area (Å²) in [6, 6.07) is 21.4. The van der Waals surface area contributed by atoms with Crippen molar-refractivity contribution in [3.63, 3.8) is 0 Å². The standard InChI is InChI=1S/C21H20O3/c1-2-21(15-7-11-17(22)12-8-15,16-9-13-18(23)14-10-16)19-5-3-4-6-20(19)24/h3-14,22-24H,2H2,1H3. The van der Waals surface area contributed by atoms with Crippen molar-refractivity contribution in [3.05, 3.63) is 89.5 Å². The molecule has 3 nitrogen and oxygen atoms in total. The Morgan fingerprint density at radius 2 is 1.12 bits per heavy atom. The highest BCUT2D eigenvalue weighted by molar-refractivity contribution is 5.55. The van der Waals surface area contributed by atoms with Crippen LogP contribution in [0.15, 0.2) is 72.8 Å². The molecule has 3 rings (SSSR count). The van der Waals surface area contributed by atoms with Gasteiger partial charge in [-0.3, -0.25) is 0 Å². The van der Waals surface area contributed by atoms with E-state index in [-0.39, 0.29) is 17.2 Å². The molecule has 0 atom stereocenters. The summed E-state index contributed by atoms with van der Waals surface area (Å²) in [5.74, 6) is 0.624. The van der Waals surface area contributed by atoms with Gasteiger partial charge in [-0.25, -0.2) is 0 Å². The first kappa shape index (κ1) is 15.9. The maximum absolute atomic E-state index is 10.5. The molecule has 0 aliphatic carbocycles. The van der Waals surface area contributed by atoms with Gasteiger partial charge in [-0.2, -0.15) is 0 Å². The highest BCUT2D eigenvalue weighted by Gasteiger charge is 2.36. The second-order valence-electron chi connectivity index (χ2n) is 5.87. The molecule has 3 heteroatoms. The van der Waals surface area contributed by atoms with Crippen molar-refractivity contribution in [1.29, 1.82) is 0 Å². The maximum Gasteiger partial charge on any atom is 0.120 e. The first-order valence-corrected chi connectivity index (χ1v) is 7.95. The van der Waals surface area contributed by atoms with Crippen molar-refractivity contribution < 1.29 is 15.3 Å². The third-order valence-corrected chi connectivity index (χ3v) is 4.61. The minimum Gasteiger partial charge on any atom is -0.508 e. The number of hydrogen-bond donors (Lipinski definition) is 3. The highest BCUT2D eigenvalue weighted by atomic mass is 16.3. The van der Waals surface area contributed by atoms with Crippen LogP contribution >= 0.6 is 0 Å². The lowest BCUT2D eigenvalue weighted by Crippen LogP contribution is -2.28. The lowest BCUT2D eigenvalue weighted by molar-refractivity contribution is 0.448. The van der Waals surface area contributed by atoms with Gasteiger partial charge < -0.3 is 15.3 Å². The molecule has 3 aromatic carbocycles. The predicted octanol–water partition coefficient (Wildman–Crippen LogP) is 4.55. The van der Waals surface area contributed by atoms with E-state index in [1.54, 1.807) is 36.4 Å². The number of benzene rings is 3. The van der Waals surface area contributed by atoms with E-state index in [2.05, 4.69) is 6.92 Å². The van der Waals surface area contributed by atoms with Gasteiger partial charge in [-0.15, -0.1) is 0 Å². The molecule has 0 spiro atoms. The average molecular weight is 320 g/mol. The summed E-state index contributed by atoms with van der Waals surface area (Å²) in [5, 5.41) is 29.8. The molecule has 0 aromatic heterocycles. The van der Waals surface area contributed by atoms with Crippen molar-refractivity contribution in [2.75, 3.05) is 0 Å². The van der Waals surface area contributed by atoms with Gasteiger partial charge in [-0.1, -0.05) is 49.4 Å². The lowest BCUT2D eigenvalue weighted by atomic mass is 9.67. The van der Waals surface area contributed by atoms with Crippen LogP contribution in [-0.2, 0) is 5.41 Å². The number of rotatable bonds is 4. The van der Waals surface area contributed by atoms with Crippen LogP contribution in [0.1, 0.15) is 30.0 Å². The molecule has 0 unspecified atom stereocenters. The summed E-state index contributed by atoms with van der Waals surface area (Å²) in [6.45, 7) is 2.06. The smallest absolute Gasteiger partial charge is 0.120 e. The summed E-state index contributed by atoms with van der Waals surface area (Å²) in [7, 11) is 0. The number of phenolic OH excluding ortho intramolecular Hbond substituents is 3. The van der Waals surface area contributed by atoms with Crippen LogP contribution < -0.4 is 0 Å². The van der Waals surface area contributed by atoms with E-state index in [1.165, 1.54) is 0 Å². The summed E-state index contributed by atoms with van der Waals surface area (Å²) in [5.41, 5.74) is 2.15. The van der Waals surface area contributed by atoms with Crippen LogP contribution in [0.25, 0.3) is 0 Å². The fraction of sp³-hybridized carbons (Fsp3) is 0.143. The summed E-state index contributed by atoms with van der Waals surface area (Å²) < 4.78 is 0. The molecule has 0 aliphatic rings. The van der Waals surface area contributed by atoms with Gasteiger partial charge in [0, 0.05) is 11.0 Å². The largest absolute Gasteiger partial charge is 0.508 e. The Morgan fingerprint density at radius 3 is 1.54 bits per heavy atom. The maximum atomic E-state index is 10.5. The van der Waals surface area contributed by atoms with Crippen LogP contribution in [0.4, 0.5) is 0 Å². The summed E-state index contributed by atoms with van der Waals surface area (Å²) >= 11 is 0. The Kier molecular flexibility index (Phi) is 4.17. The number of aromatic hydroxyl groups is 3. The zero-order chi connectivity index (χ0) is 17.2. The number of para-hydroxylation sites is 1. The third-order valence-electron chi connectivity index (χ3n) is 4.61. The average Bonchev–Trinajstić information content (AvgIpc) is 2.60. The molecule has 0 saturated carbocycles. The van der Waals surface area contributed by atoms with Gasteiger partial charge in [0.1, 0.15) is 17.2 Å². The number of hydrogen-bond acceptors (Lipinski definition) is 3. The van der Waals surface area contributed by atoms with Crippen LogP contribution in [0.3, 0.4) is 0 Å². The van der Waals surface area contributed by atoms with Crippen LogP contribution in [0, 0.1) is 0 Å². The topological polar surface area (TPSA) is 60.7 Å². The highest BCUT2D eigenvalue weighted by Crippen LogP contribution is 2.45. The zero-order valence-electron chi connectivity index (χ0n) is 13.5. The zero-order valence-corrected chi connectivity index (χ0v) is 13.5. The van der Waals surface area contributed by atoms with Crippen LogP contribution in [0.2, 0.25) is 0 Å². The molecule has 0 saturated heterocycles. The number of phenols is 3. The van der Waals surface area contributed by atoms with Crippen molar-refractivity contribution in [2.24, 2.45) is 0 Å². The monoisotopic (exact) mass is 320 g/mol. The normalized spacial score (nSPS) is 11.4. The Hall–Kier alpha value is -2.94. The van der Waals surface area contributed by atoms with Gasteiger partial charge in [0.05, 0.1) is 0 Å². The molecule has 3 N–H and O–H groups in total. The molecule has 0 bridgehead atoms. The third kappa shape index (κ3) is 2.58. The van der Waals surface area contributed by atoms with E-state index < -0.39 is 5.41 Å². The van der Waals surface area contributed by atoms with Gasteiger partial charge in [0.2, 0.25) is 0 Å². The van der Waals surface area contributed by atoms with Crippen molar-refractivity contribution >= 4 is 0 Å². The predicted molar refractivity (Wildman–Crippen MR) is 94.5 cm³/mol. The molecule has 0 radical (unpaired) electrons. The van der Waals surface area contributed by atoms with Gasteiger partial charge in [0.25, 0.3) is 0 Å². The van der Waals surface area contributed by atoms with E-state index >= 15 is 0 Å². The Labute approximate surface area is 141 Å². The van der Waals surface area contributed by atoms with Crippen molar-refractivity contribution in [1.82, 2.24) is 0 Å². The Morgan fingerprint density at radius 1 is 0.667 bits per heavy atom. The summed E-state index contributed by atoms with van der Waals surface area (Å²) in [4.78, 5) is 0.